The molecule has 1 aliphatic heterocycles. The molecule has 29 heavy (non-hydrogen) atoms. The van der Waals surface area contributed by atoms with Gasteiger partial charge < -0.3 is 20.7 Å². The van der Waals surface area contributed by atoms with Crippen molar-refractivity contribution in [2.45, 2.75) is 50.5 Å². The first kappa shape index (κ1) is 19.8. The van der Waals surface area contributed by atoms with Crippen LogP contribution < -0.4 is 20.7 Å². The Hall–Kier alpha value is -2.52. The van der Waals surface area contributed by atoms with E-state index in [-0.39, 0.29) is 23.4 Å². The fourth-order valence-electron chi connectivity index (χ4n) is 3.82. The van der Waals surface area contributed by atoms with Crippen LogP contribution >= 0.6 is 0 Å². The van der Waals surface area contributed by atoms with Gasteiger partial charge in [0.15, 0.2) is 11.5 Å². The third-order valence-electron chi connectivity index (χ3n) is 5.70. The maximum Gasteiger partial charge on any atom is 0.282 e. The number of ether oxygens (including phenoxy) is 1. The number of nitrogens with zero attached hydrogens (tertiary/aromatic N) is 3. The van der Waals surface area contributed by atoms with Crippen LogP contribution in [0.15, 0.2) is 6.20 Å². The monoisotopic (exact) mass is 409 g/mol. The van der Waals surface area contributed by atoms with Gasteiger partial charge in [0.1, 0.15) is 0 Å². The third-order valence-corrected chi connectivity index (χ3v) is 5.70. The largest absolute Gasteiger partial charge is 0.475 e. The van der Waals surface area contributed by atoms with Gasteiger partial charge in [-0.25, -0.2) is 18.7 Å². The standard InChI is InChI=1S/C19H25F2N5O3/c20-19(21)9-26(10-19)16-18(29-8-11-5-6-11)25-14(7-23-16)17(28)24-13-4-2-1-3-12(13)15(22)27/h7,11-13H,1-6,8-10H2,(H2,22,27)(H,24,28)/t12-,13+/m0/s1. The number of rotatable bonds is 7. The molecule has 10 heteroatoms. The molecule has 0 aromatic carbocycles. The van der Waals surface area contributed by atoms with E-state index in [1.165, 1.54) is 11.1 Å². The van der Waals surface area contributed by atoms with Crippen molar-refractivity contribution >= 4 is 17.6 Å². The summed E-state index contributed by atoms with van der Waals surface area (Å²) < 4.78 is 32.2. The predicted molar refractivity (Wildman–Crippen MR) is 99.8 cm³/mol. The van der Waals surface area contributed by atoms with Crippen LogP contribution in [0.1, 0.15) is 49.0 Å². The molecular formula is C19H25F2N5O3. The number of alkyl halides is 2. The first-order valence-electron chi connectivity index (χ1n) is 10.1. The van der Waals surface area contributed by atoms with Crippen molar-refractivity contribution in [3.8, 4) is 5.88 Å². The van der Waals surface area contributed by atoms with Crippen molar-refractivity contribution in [1.29, 1.82) is 0 Å². The summed E-state index contributed by atoms with van der Waals surface area (Å²) >= 11 is 0. The predicted octanol–water partition coefficient (Wildman–Crippen LogP) is 1.49. The Morgan fingerprint density at radius 3 is 2.62 bits per heavy atom. The van der Waals surface area contributed by atoms with Crippen LogP contribution in [0.3, 0.4) is 0 Å². The number of amides is 2. The molecule has 4 rings (SSSR count). The van der Waals surface area contributed by atoms with Crippen molar-refractivity contribution in [2.75, 3.05) is 24.6 Å². The molecule has 1 aromatic heterocycles. The van der Waals surface area contributed by atoms with E-state index in [9.17, 15) is 18.4 Å². The fraction of sp³-hybridized carbons (Fsp3) is 0.684. The molecule has 2 aliphatic carbocycles. The van der Waals surface area contributed by atoms with Gasteiger partial charge in [0.25, 0.3) is 17.7 Å². The van der Waals surface area contributed by atoms with Gasteiger partial charge in [-0.3, -0.25) is 9.59 Å². The first-order chi connectivity index (χ1) is 13.8. The quantitative estimate of drug-likeness (QED) is 0.706. The number of nitrogens with one attached hydrogen (secondary N) is 1. The SMILES string of the molecule is NC(=O)[C@H]1CCCC[C@H]1NC(=O)c1cnc(N2CC(F)(F)C2)c(OCC2CC2)n1. The minimum absolute atomic E-state index is 0.0284. The lowest BCUT2D eigenvalue weighted by molar-refractivity contribution is -0.123. The van der Waals surface area contributed by atoms with Crippen molar-refractivity contribution in [3.05, 3.63) is 11.9 Å². The second-order valence-electron chi connectivity index (χ2n) is 8.22. The summed E-state index contributed by atoms with van der Waals surface area (Å²) in [7, 11) is 0. The van der Waals surface area contributed by atoms with Crippen LogP contribution in [0.25, 0.3) is 0 Å². The number of primary amides is 1. The number of nitrogens with two attached hydrogens (primary N) is 1. The zero-order valence-electron chi connectivity index (χ0n) is 16.1. The number of hydrogen-bond acceptors (Lipinski definition) is 6. The molecule has 0 spiro atoms. The van der Waals surface area contributed by atoms with E-state index in [1.807, 2.05) is 0 Å². The summed E-state index contributed by atoms with van der Waals surface area (Å²) in [5.74, 6) is -3.32. The Balaban J connectivity index is 1.49. The minimum atomic E-state index is -2.75. The van der Waals surface area contributed by atoms with Gasteiger partial charge in [-0.05, 0) is 31.6 Å². The van der Waals surface area contributed by atoms with E-state index in [4.69, 9.17) is 10.5 Å². The van der Waals surface area contributed by atoms with Gasteiger partial charge in [0.05, 0.1) is 31.8 Å². The third kappa shape index (κ3) is 4.56. The highest BCUT2D eigenvalue weighted by molar-refractivity contribution is 5.93. The van der Waals surface area contributed by atoms with E-state index >= 15 is 0 Å². The van der Waals surface area contributed by atoms with Gasteiger partial charge in [0.2, 0.25) is 5.91 Å². The molecule has 0 radical (unpaired) electrons. The molecule has 158 valence electrons. The average molecular weight is 409 g/mol. The number of anilines is 1. The highest BCUT2D eigenvalue weighted by Crippen LogP contribution is 2.36. The van der Waals surface area contributed by atoms with Gasteiger partial charge in [0, 0.05) is 6.04 Å². The lowest BCUT2D eigenvalue weighted by Crippen LogP contribution is -2.56. The highest BCUT2D eigenvalue weighted by Gasteiger charge is 2.46. The zero-order chi connectivity index (χ0) is 20.6. The topological polar surface area (TPSA) is 110 Å². The van der Waals surface area contributed by atoms with Gasteiger partial charge in [-0.15, -0.1) is 0 Å². The van der Waals surface area contributed by atoms with Crippen molar-refractivity contribution < 1.29 is 23.1 Å². The number of carbonyl (C=O) groups is 2. The van der Waals surface area contributed by atoms with Gasteiger partial charge in [-0.2, -0.15) is 0 Å². The molecule has 2 atom stereocenters. The van der Waals surface area contributed by atoms with E-state index in [2.05, 4.69) is 15.3 Å². The van der Waals surface area contributed by atoms with Crippen LogP contribution in [-0.4, -0.2) is 53.4 Å². The summed E-state index contributed by atoms with van der Waals surface area (Å²) in [6.45, 7) is -0.478. The van der Waals surface area contributed by atoms with Crippen LogP contribution in [0.2, 0.25) is 0 Å². The second kappa shape index (κ2) is 7.72. The minimum Gasteiger partial charge on any atom is -0.475 e. The number of halogens is 2. The normalized spacial score (nSPS) is 25.8. The van der Waals surface area contributed by atoms with Crippen molar-refractivity contribution in [1.82, 2.24) is 15.3 Å². The molecule has 2 amide bonds. The average Bonchev–Trinajstić information content (AvgIpc) is 3.49. The van der Waals surface area contributed by atoms with E-state index < -0.39 is 36.7 Å². The van der Waals surface area contributed by atoms with Gasteiger partial charge >= 0.3 is 0 Å². The Kier molecular flexibility index (Phi) is 5.26. The molecule has 3 aliphatic rings. The zero-order valence-corrected chi connectivity index (χ0v) is 16.1. The number of hydrogen-bond donors (Lipinski definition) is 2. The Bertz CT molecular complexity index is 794. The van der Waals surface area contributed by atoms with E-state index in [0.717, 1.165) is 25.7 Å². The Morgan fingerprint density at radius 2 is 1.97 bits per heavy atom. The van der Waals surface area contributed by atoms with Crippen molar-refractivity contribution in [2.24, 2.45) is 17.6 Å². The van der Waals surface area contributed by atoms with Crippen LogP contribution in [-0.2, 0) is 4.79 Å². The van der Waals surface area contributed by atoms with Gasteiger partial charge in [-0.1, -0.05) is 12.8 Å². The molecule has 3 N–H and O–H groups in total. The summed E-state index contributed by atoms with van der Waals surface area (Å²) in [6, 6.07) is -0.347. The molecule has 3 fully saturated rings. The maximum atomic E-state index is 13.3. The first-order valence-corrected chi connectivity index (χ1v) is 10.1. The molecule has 0 unspecified atom stereocenters. The van der Waals surface area contributed by atoms with Crippen LogP contribution in [0.5, 0.6) is 5.88 Å². The van der Waals surface area contributed by atoms with Crippen LogP contribution in [0, 0.1) is 11.8 Å². The molecule has 2 heterocycles. The van der Waals surface area contributed by atoms with Crippen molar-refractivity contribution in [3.63, 3.8) is 0 Å². The number of carbonyl (C=O) groups excluding carboxylic acids is 2. The number of aromatic nitrogens is 2. The van der Waals surface area contributed by atoms with E-state index in [0.29, 0.717) is 25.4 Å². The Labute approximate surface area is 167 Å². The molecule has 1 aromatic rings. The molecular weight excluding hydrogens is 384 g/mol. The Morgan fingerprint density at radius 1 is 1.24 bits per heavy atom. The molecule has 0 bridgehead atoms. The highest BCUT2D eigenvalue weighted by atomic mass is 19.3. The summed E-state index contributed by atoms with van der Waals surface area (Å²) in [5.41, 5.74) is 5.49. The second-order valence-corrected chi connectivity index (χ2v) is 8.22. The van der Waals surface area contributed by atoms with Crippen LogP contribution in [0.4, 0.5) is 14.6 Å². The lowest BCUT2D eigenvalue weighted by Gasteiger charge is -2.39. The smallest absolute Gasteiger partial charge is 0.282 e. The fourth-order valence-corrected chi connectivity index (χ4v) is 3.82. The lowest BCUT2D eigenvalue weighted by atomic mass is 9.84. The summed E-state index contributed by atoms with van der Waals surface area (Å²) in [5, 5.41) is 2.83. The molecule has 1 saturated heterocycles. The summed E-state index contributed by atoms with van der Waals surface area (Å²) in [4.78, 5) is 34.2. The maximum absolute atomic E-state index is 13.3. The van der Waals surface area contributed by atoms with E-state index in [1.54, 1.807) is 0 Å². The molecule has 8 nitrogen and oxygen atoms in total. The molecule has 2 saturated carbocycles. The summed E-state index contributed by atoms with van der Waals surface area (Å²) in [6.07, 6.45) is 6.48.